The molecule has 0 aliphatic rings. The summed E-state index contributed by atoms with van der Waals surface area (Å²) in [6.07, 6.45) is 0. The molecular weight excluding hydrogens is 236 g/mol. The van der Waals surface area contributed by atoms with Gasteiger partial charge < -0.3 is 10.2 Å². The van der Waals surface area contributed by atoms with Gasteiger partial charge in [-0.05, 0) is 0 Å². The third kappa shape index (κ3) is 4.49. The molecule has 3 N–H and O–H groups in total. The molecule has 0 aliphatic carbocycles. The standard InChI is InChI=1S/C11H20N4OS/c1-11(2,3)10-13-8(15-12)7-9(14-10)17-6-5-16-4/h7H,5-6,12H2,1-4H3,(H,13,14,15). The van der Waals surface area contributed by atoms with E-state index in [2.05, 4.69) is 36.2 Å². The first-order chi connectivity index (χ1) is 7.97. The van der Waals surface area contributed by atoms with Crippen LogP contribution < -0.4 is 11.3 Å². The smallest absolute Gasteiger partial charge is 0.144 e. The second kappa shape index (κ2) is 6.18. The lowest BCUT2D eigenvalue weighted by Crippen LogP contribution is -2.19. The van der Waals surface area contributed by atoms with Crippen molar-refractivity contribution in [3.05, 3.63) is 11.9 Å². The average molecular weight is 256 g/mol. The van der Waals surface area contributed by atoms with Crippen molar-refractivity contribution in [1.82, 2.24) is 9.97 Å². The molecule has 6 heteroatoms. The highest BCUT2D eigenvalue weighted by Crippen LogP contribution is 2.24. The highest BCUT2D eigenvalue weighted by Gasteiger charge is 2.19. The van der Waals surface area contributed by atoms with E-state index < -0.39 is 0 Å². The summed E-state index contributed by atoms with van der Waals surface area (Å²) in [5.41, 5.74) is 2.48. The van der Waals surface area contributed by atoms with E-state index >= 15 is 0 Å². The Morgan fingerprint density at radius 3 is 2.65 bits per heavy atom. The monoisotopic (exact) mass is 256 g/mol. The molecule has 5 nitrogen and oxygen atoms in total. The molecule has 0 aliphatic heterocycles. The van der Waals surface area contributed by atoms with E-state index in [1.807, 2.05) is 6.07 Å². The van der Waals surface area contributed by atoms with Crippen molar-refractivity contribution in [3.8, 4) is 0 Å². The van der Waals surface area contributed by atoms with Crippen molar-refractivity contribution < 1.29 is 4.74 Å². The quantitative estimate of drug-likeness (QED) is 0.275. The summed E-state index contributed by atoms with van der Waals surface area (Å²) < 4.78 is 5.01. The molecule has 0 saturated carbocycles. The van der Waals surface area contributed by atoms with Crippen LogP contribution in [0.1, 0.15) is 26.6 Å². The minimum Gasteiger partial charge on any atom is -0.384 e. The fraction of sp³-hybridized carbons (Fsp3) is 0.636. The molecule has 0 saturated heterocycles. The summed E-state index contributed by atoms with van der Waals surface area (Å²) in [5.74, 6) is 7.70. The third-order valence-electron chi connectivity index (χ3n) is 2.06. The van der Waals surface area contributed by atoms with Gasteiger partial charge in [0.25, 0.3) is 0 Å². The second-order valence-corrected chi connectivity index (χ2v) is 5.77. The maximum atomic E-state index is 5.41. The number of aromatic nitrogens is 2. The Balaban J connectivity index is 2.89. The number of nitrogen functional groups attached to an aromatic ring is 1. The maximum Gasteiger partial charge on any atom is 0.144 e. The summed E-state index contributed by atoms with van der Waals surface area (Å²) >= 11 is 1.63. The Morgan fingerprint density at radius 1 is 1.41 bits per heavy atom. The Kier molecular flexibility index (Phi) is 5.17. The minimum atomic E-state index is -0.0938. The summed E-state index contributed by atoms with van der Waals surface area (Å²) in [6, 6.07) is 1.84. The van der Waals surface area contributed by atoms with Crippen LogP contribution in [0.15, 0.2) is 11.1 Å². The predicted octanol–water partition coefficient (Wildman–Crippen LogP) is 1.80. The zero-order valence-corrected chi connectivity index (χ0v) is 11.6. The van der Waals surface area contributed by atoms with E-state index in [9.17, 15) is 0 Å². The second-order valence-electron chi connectivity index (χ2n) is 4.65. The number of ether oxygens (including phenoxy) is 1. The van der Waals surface area contributed by atoms with Crippen LogP contribution in [0, 0.1) is 0 Å². The highest BCUT2D eigenvalue weighted by atomic mass is 32.2. The number of rotatable bonds is 5. The normalized spacial score (nSPS) is 11.6. The number of methoxy groups -OCH3 is 1. The van der Waals surface area contributed by atoms with Crippen LogP contribution in [-0.4, -0.2) is 29.4 Å². The van der Waals surface area contributed by atoms with E-state index in [0.717, 1.165) is 16.6 Å². The first kappa shape index (κ1) is 14.2. The predicted molar refractivity (Wildman–Crippen MR) is 71.1 cm³/mol. The van der Waals surface area contributed by atoms with E-state index in [4.69, 9.17) is 10.6 Å². The van der Waals surface area contributed by atoms with Gasteiger partial charge in [-0.1, -0.05) is 20.8 Å². The van der Waals surface area contributed by atoms with Crippen molar-refractivity contribution in [2.45, 2.75) is 31.2 Å². The molecular formula is C11H20N4OS. The molecule has 0 atom stereocenters. The Labute approximate surface area is 107 Å². The fourth-order valence-corrected chi connectivity index (χ4v) is 1.94. The van der Waals surface area contributed by atoms with Gasteiger partial charge in [0.15, 0.2) is 0 Å². The number of hydrazine groups is 1. The average Bonchev–Trinajstić information content (AvgIpc) is 2.28. The van der Waals surface area contributed by atoms with Gasteiger partial charge in [0.1, 0.15) is 16.7 Å². The van der Waals surface area contributed by atoms with Crippen molar-refractivity contribution in [1.29, 1.82) is 0 Å². The number of nitrogens with one attached hydrogen (secondary N) is 1. The first-order valence-corrected chi connectivity index (χ1v) is 6.44. The minimum absolute atomic E-state index is 0.0938. The van der Waals surface area contributed by atoms with Gasteiger partial charge in [0.2, 0.25) is 0 Å². The van der Waals surface area contributed by atoms with E-state index in [-0.39, 0.29) is 5.41 Å². The lowest BCUT2D eigenvalue weighted by Gasteiger charge is -2.18. The summed E-state index contributed by atoms with van der Waals surface area (Å²) in [4.78, 5) is 8.88. The molecule has 96 valence electrons. The Hall–Kier alpha value is -0.850. The van der Waals surface area contributed by atoms with Gasteiger partial charge in [-0.25, -0.2) is 15.8 Å². The lowest BCUT2D eigenvalue weighted by molar-refractivity contribution is 0.218. The summed E-state index contributed by atoms with van der Waals surface area (Å²) in [5, 5.41) is 0.912. The molecule has 0 radical (unpaired) electrons. The van der Waals surface area contributed by atoms with Crippen LogP contribution in [0.4, 0.5) is 5.82 Å². The number of hydrogen-bond acceptors (Lipinski definition) is 6. The molecule has 0 bridgehead atoms. The van der Waals surface area contributed by atoms with Crippen molar-refractivity contribution in [2.24, 2.45) is 5.84 Å². The molecule has 0 amide bonds. The third-order valence-corrected chi connectivity index (χ3v) is 2.93. The summed E-state index contributed by atoms with van der Waals surface area (Å²) in [7, 11) is 1.69. The Bertz CT molecular complexity index is 365. The number of thioether (sulfide) groups is 1. The molecule has 0 spiro atoms. The van der Waals surface area contributed by atoms with Crippen LogP contribution in [-0.2, 0) is 10.2 Å². The number of nitrogens with zero attached hydrogens (tertiary/aromatic N) is 2. The first-order valence-electron chi connectivity index (χ1n) is 5.45. The molecule has 17 heavy (non-hydrogen) atoms. The largest absolute Gasteiger partial charge is 0.384 e. The van der Waals surface area contributed by atoms with Crippen molar-refractivity contribution >= 4 is 17.6 Å². The molecule has 1 aromatic rings. The van der Waals surface area contributed by atoms with Crippen LogP contribution in [0.25, 0.3) is 0 Å². The molecule has 1 heterocycles. The topological polar surface area (TPSA) is 73.1 Å². The molecule has 1 aromatic heterocycles. The number of anilines is 1. The number of nitrogens with two attached hydrogens (primary N) is 1. The van der Waals surface area contributed by atoms with Gasteiger partial charge in [-0.3, -0.25) is 0 Å². The van der Waals surface area contributed by atoms with Gasteiger partial charge in [-0.15, -0.1) is 11.8 Å². The van der Waals surface area contributed by atoms with Crippen LogP contribution >= 0.6 is 11.8 Å². The lowest BCUT2D eigenvalue weighted by atomic mass is 9.96. The molecule has 0 fully saturated rings. The number of hydrogen-bond donors (Lipinski definition) is 2. The van der Waals surface area contributed by atoms with Crippen LogP contribution in [0.2, 0.25) is 0 Å². The van der Waals surface area contributed by atoms with Crippen LogP contribution in [0.3, 0.4) is 0 Å². The van der Waals surface area contributed by atoms with Gasteiger partial charge in [0.05, 0.1) is 6.61 Å². The zero-order chi connectivity index (χ0) is 12.9. The van der Waals surface area contributed by atoms with Crippen LogP contribution in [0.5, 0.6) is 0 Å². The van der Waals surface area contributed by atoms with Gasteiger partial charge in [0, 0.05) is 24.3 Å². The molecule has 1 rings (SSSR count). The SMILES string of the molecule is COCCSc1cc(NN)nc(C(C)(C)C)n1. The highest BCUT2D eigenvalue weighted by molar-refractivity contribution is 7.99. The van der Waals surface area contributed by atoms with Gasteiger partial charge >= 0.3 is 0 Å². The molecule has 0 aromatic carbocycles. The maximum absolute atomic E-state index is 5.41. The van der Waals surface area contributed by atoms with E-state index in [0.29, 0.717) is 12.4 Å². The van der Waals surface area contributed by atoms with Crippen molar-refractivity contribution in [2.75, 3.05) is 24.9 Å². The van der Waals surface area contributed by atoms with Gasteiger partial charge in [-0.2, -0.15) is 0 Å². The molecule has 0 unspecified atom stereocenters. The zero-order valence-electron chi connectivity index (χ0n) is 10.8. The Morgan fingerprint density at radius 2 is 2.12 bits per heavy atom. The fourth-order valence-electron chi connectivity index (χ4n) is 1.14. The van der Waals surface area contributed by atoms with E-state index in [1.54, 1.807) is 18.9 Å². The van der Waals surface area contributed by atoms with Crippen molar-refractivity contribution in [3.63, 3.8) is 0 Å². The summed E-state index contributed by atoms with van der Waals surface area (Å²) in [6.45, 7) is 6.93. The van der Waals surface area contributed by atoms with E-state index in [1.165, 1.54) is 0 Å².